The predicted molar refractivity (Wildman–Crippen MR) is 68.4 cm³/mol. The molecule has 0 aromatic heterocycles. The van der Waals surface area contributed by atoms with Gasteiger partial charge in [-0.2, -0.15) is 0 Å². The summed E-state index contributed by atoms with van der Waals surface area (Å²) in [4.78, 5) is 11.2. The molecule has 5 heteroatoms. The first-order valence-corrected chi connectivity index (χ1v) is 5.43. The van der Waals surface area contributed by atoms with Crippen molar-refractivity contribution < 1.29 is 19.0 Å². The second-order valence-corrected chi connectivity index (χ2v) is 3.45. The van der Waals surface area contributed by atoms with Crippen molar-refractivity contribution in [3.05, 3.63) is 29.8 Å². The fraction of sp³-hybridized carbons (Fsp3) is 0.308. The van der Waals surface area contributed by atoms with Gasteiger partial charge in [0.25, 0.3) is 0 Å². The summed E-state index contributed by atoms with van der Waals surface area (Å²) >= 11 is 0. The van der Waals surface area contributed by atoms with E-state index in [1.54, 1.807) is 0 Å². The van der Waals surface area contributed by atoms with E-state index in [9.17, 15) is 4.79 Å². The Morgan fingerprint density at radius 2 is 1.83 bits per heavy atom. The van der Waals surface area contributed by atoms with E-state index in [0.717, 1.165) is 0 Å². The largest absolute Gasteiger partial charge is 0.493 e. The van der Waals surface area contributed by atoms with Gasteiger partial charge in [0.15, 0.2) is 11.5 Å². The molecule has 0 radical (unpaired) electrons. The molecule has 1 aromatic rings. The van der Waals surface area contributed by atoms with Crippen LogP contribution in [0.15, 0.2) is 24.3 Å². The van der Waals surface area contributed by atoms with Crippen LogP contribution in [0.3, 0.4) is 0 Å². The van der Waals surface area contributed by atoms with Gasteiger partial charge in [-0.05, 0) is 19.1 Å². The normalized spacial score (nSPS) is 10.4. The molecule has 0 saturated heterocycles. The highest BCUT2D eigenvalue weighted by atomic mass is 16.5. The number of benzene rings is 1. The molecule has 0 saturated carbocycles. The van der Waals surface area contributed by atoms with Crippen LogP contribution in [0.25, 0.3) is 0 Å². The molecule has 2 N–H and O–H groups in total. The lowest BCUT2D eigenvalue weighted by atomic mass is 10.1. The third-order valence-corrected chi connectivity index (χ3v) is 2.30. The summed E-state index contributed by atoms with van der Waals surface area (Å²) in [5, 5.41) is 0. The first kappa shape index (κ1) is 13.9. The molecule has 0 fully saturated rings. The van der Waals surface area contributed by atoms with Crippen LogP contribution in [0.1, 0.15) is 17.3 Å². The SMILES string of the molecule is C/C=C\COc1c(OC)cc(C(N)=O)cc1OC. The van der Waals surface area contributed by atoms with Crippen LogP contribution in [0, 0.1) is 0 Å². The van der Waals surface area contributed by atoms with Gasteiger partial charge in [0.05, 0.1) is 14.2 Å². The summed E-state index contributed by atoms with van der Waals surface area (Å²) in [5.41, 5.74) is 5.54. The fourth-order valence-electron chi connectivity index (χ4n) is 1.39. The summed E-state index contributed by atoms with van der Waals surface area (Å²) in [6, 6.07) is 3.05. The van der Waals surface area contributed by atoms with Crippen molar-refractivity contribution in [2.75, 3.05) is 20.8 Å². The maximum atomic E-state index is 11.2. The van der Waals surface area contributed by atoms with Gasteiger partial charge >= 0.3 is 0 Å². The highest BCUT2D eigenvalue weighted by molar-refractivity contribution is 5.94. The number of carbonyl (C=O) groups is 1. The molecule has 1 amide bonds. The number of hydrogen-bond acceptors (Lipinski definition) is 4. The van der Waals surface area contributed by atoms with E-state index in [4.69, 9.17) is 19.9 Å². The molecule has 0 bridgehead atoms. The van der Waals surface area contributed by atoms with Crippen molar-refractivity contribution in [3.8, 4) is 17.2 Å². The Hall–Kier alpha value is -2.17. The third-order valence-electron chi connectivity index (χ3n) is 2.30. The van der Waals surface area contributed by atoms with Crippen molar-refractivity contribution in [1.82, 2.24) is 0 Å². The summed E-state index contributed by atoms with van der Waals surface area (Å²) in [7, 11) is 2.98. The van der Waals surface area contributed by atoms with Gasteiger partial charge in [-0.1, -0.05) is 12.2 Å². The maximum absolute atomic E-state index is 11.2. The molecule has 0 unspecified atom stereocenters. The lowest BCUT2D eigenvalue weighted by molar-refractivity contribution is 0.0999. The first-order valence-electron chi connectivity index (χ1n) is 5.43. The lowest BCUT2D eigenvalue weighted by Crippen LogP contribution is -2.12. The zero-order valence-electron chi connectivity index (χ0n) is 10.7. The first-order chi connectivity index (χ1) is 8.63. The Kier molecular flexibility index (Phi) is 5.05. The average Bonchev–Trinajstić information content (AvgIpc) is 2.38. The Labute approximate surface area is 106 Å². The Morgan fingerprint density at radius 3 is 2.22 bits per heavy atom. The van der Waals surface area contributed by atoms with Crippen LogP contribution in [0.4, 0.5) is 0 Å². The zero-order chi connectivity index (χ0) is 13.5. The minimum absolute atomic E-state index is 0.307. The quantitative estimate of drug-likeness (QED) is 0.782. The topological polar surface area (TPSA) is 70.8 Å². The minimum atomic E-state index is -0.549. The van der Waals surface area contributed by atoms with E-state index < -0.39 is 5.91 Å². The molecule has 1 rings (SSSR count). The molecule has 0 aliphatic rings. The van der Waals surface area contributed by atoms with Gasteiger partial charge in [0.1, 0.15) is 6.61 Å². The van der Waals surface area contributed by atoms with Crippen LogP contribution < -0.4 is 19.9 Å². The van der Waals surface area contributed by atoms with E-state index in [0.29, 0.717) is 29.4 Å². The van der Waals surface area contributed by atoms with Crippen LogP contribution in [0.2, 0.25) is 0 Å². The molecule has 5 nitrogen and oxygen atoms in total. The van der Waals surface area contributed by atoms with Crippen LogP contribution >= 0.6 is 0 Å². The molecule has 0 atom stereocenters. The average molecular weight is 251 g/mol. The van der Waals surface area contributed by atoms with Gasteiger partial charge < -0.3 is 19.9 Å². The molecule has 0 aliphatic carbocycles. The number of ether oxygens (including phenoxy) is 3. The number of allylic oxidation sites excluding steroid dienone is 1. The lowest BCUT2D eigenvalue weighted by Gasteiger charge is -2.14. The number of nitrogens with two attached hydrogens (primary N) is 1. The Balaban J connectivity index is 3.16. The monoisotopic (exact) mass is 251 g/mol. The maximum Gasteiger partial charge on any atom is 0.248 e. The van der Waals surface area contributed by atoms with Gasteiger partial charge in [0, 0.05) is 5.56 Å². The van der Waals surface area contributed by atoms with E-state index >= 15 is 0 Å². The van der Waals surface area contributed by atoms with Crippen LogP contribution in [0.5, 0.6) is 17.2 Å². The van der Waals surface area contributed by atoms with E-state index in [1.165, 1.54) is 26.4 Å². The fourth-order valence-corrected chi connectivity index (χ4v) is 1.39. The molecule has 0 spiro atoms. The van der Waals surface area contributed by atoms with Crippen LogP contribution in [-0.4, -0.2) is 26.7 Å². The number of rotatable bonds is 6. The summed E-state index contributed by atoms with van der Waals surface area (Å²) < 4.78 is 15.9. The molecule has 98 valence electrons. The van der Waals surface area contributed by atoms with Crippen molar-refractivity contribution >= 4 is 5.91 Å². The van der Waals surface area contributed by atoms with Gasteiger partial charge in [-0.3, -0.25) is 4.79 Å². The standard InChI is InChI=1S/C13H17NO4/c1-4-5-6-18-12-10(16-2)7-9(13(14)15)8-11(12)17-3/h4-5,7-8H,6H2,1-3H3,(H2,14,15)/b5-4-. The third kappa shape index (κ3) is 3.16. The zero-order valence-corrected chi connectivity index (χ0v) is 10.7. The highest BCUT2D eigenvalue weighted by Crippen LogP contribution is 2.38. The van der Waals surface area contributed by atoms with Crippen molar-refractivity contribution in [2.24, 2.45) is 5.73 Å². The summed E-state index contributed by atoms with van der Waals surface area (Å²) in [6.07, 6.45) is 3.72. The molecule has 0 heterocycles. The van der Waals surface area contributed by atoms with Crippen LogP contribution in [-0.2, 0) is 0 Å². The molecule has 0 aliphatic heterocycles. The summed E-state index contributed by atoms with van der Waals surface area (Å²) in [6.45, 7) is 2.28. The van der Waals surface area contributed by atoms with E-state index in [2.05, 4.69) is 0 Å². The minimum Gasteiger partial charge on any atom is -0.493 e. The van der Waals surface area contributed by atoms with Crippen molar-refractivity contribution in [1.29, 1.82) is 0 Å². The number of methoxy groups -OCH3 is 2. The number of amides is 1. The summed E-state index contributed by atoms with van der Waals surface area (Å²) in [5.74, 6) is 0.718. The van der Waals surface area contributed by atoms with Gasteiger partial charge in [-0.25, -0.2) is 0 Å². The number of hydrogen-bond donors (Lipinski definition) is 1. The van der Waals surface area contributed by atoms with Crippen molar-refractivity contribution in [3.63, 3.8) is 0 Å². The number of primary amides is 1. The molecular formula is C13H17NO4. The van der Waals surface area contributed by atoms with E-state index in [-0.39, 0.29) is 0 Å². The molecule has 18 heavy (non-hydrogen) atoms. The Morgan fingerprint density at radius 1 is 1.28 bits per heavy atom. The second-order valence-electron chi connectivity index (χ2n) is 3.45. The molecular weight excluding hydrogens is 234 g/mol. The highest BCUT2D eigenvalue weighted by Gasteiger charge is 2.15. The smallest absolute Gasteiger partial charge is 0.248 e. The number of carbonyl (C=O) groups excluding carboxylic acids is 1. The Bertz CT molecular complexity index is 429. The molecule has 1 aromatic carbocycles. The van der Waals surface area contributed by atoms with Gasteiger partial charge in [-0.15, -0.1) is 0 Å². The second kappa shape index (κ2) is 6.54. The van der Waals surface area contributed by atoms with Crippen molar-refractivity contribution in [2.45, 2.75) is 6.92 Å². The predicted octanol–water partition coefficient (Wildman–Crippen LogP) is 1.76. The van der Waals surface area contributed by atoms with Gasteiger partial charge in [0.2, 0.25) is 11.7 Å². The van der Waals surface area contributed by atoms with E-state index in [1.807, 2.05) is 19.1 Å².